The summed E-state index contributed by atoms with van der Waals surface area (Å²) < 4.78 is 24.9. The van der Waals surface area contributed by atoms with Crippen molar-refractivity contribution >= 4 is 15.9 Å². The maximum atomic E-state index is 11.7. The smallest absolute Gasteiger partial charge is 0.216 e. The zero-order valence-corrected chi connectivity index (χ0v) is 9.64. The minimum Gasteiger partial charge on any atom is -0.355 e. The molecule has 1 aliphatic heterocycles. The van der Waals surface area contributed by atoms with Crippen molar-refractivity contribution in [2.75, 3.05) is 38.5 Å². The highest BCUT2D eigenvalue weighted by Gasteiger charge is 2.22. The van der Waals surface area contributed by atoms with Crippen LogP contribution in [0.5, 0.6) is 0 Å². The van der Waals surface area contributed by atoms with Gasteiger partial charge in [-0.2, -0.15) is 4.31 Å². The number of rotatable bonds is 4. The molecule has 1 aliphatic rings. The van der Waals surface area contributed by atoms with Crippen molar-refractivity contribution in [2.24, 2.45) is 0 Å². The summed E-state index contributed by atoms with van der Waals surface area (Å²) in [5.74, 6) is -0.224. The van der Waals surface area contributed by atoms with Crippen LogP contribution in [0.2, 0.25) is 0 Å². The summed E-state index contributed by atoms with van der Waals surface area (Å²) in [6, 6.07) is 0. The molecule has 0 bridgehead atoms. The number of piperazine rings is 1. The topological polar surface area (TPSA) is 78.5 Å². The lowest BCUT2D eigenvalue weighted by Gasteiger charge is -2.26. The van der Waals surface area contributed by atoms with Crippen LogP contribution in [0, 0.1) is 0 Å². The van der Waals surface area contributed by atoms with Gasteiger partial charge in [-0.1, -0.05) is 0 Å². The summed E-state index contributed by atoms with van der Waals surface area (Å²) in [4.78, 5) is 10.6. The van der Waals surface area contributed by atoms with Crippen LogP contribution in [-0.4, -0.2) is 57.1 Å². The zero-order valence-electron chi connectivity index (χ0n) is 8.82. The largest absolute Gasteiger partial charge is 0.355 e. The molecule has 1 fully saturated rings. The minimum atomic E-state index is -3.20. The van der Waals surface area contributed by atoms with Gasteiger partial charge < -0.3 is 10.6 Å². The lowest BCUT2D eigenvalue weighted by molar-refractivity contribution is -0.118. The Kier molecular flexibility index (Phi) is 4.49. The van der Waals surface area contributed by atoms with Crippen molar-refractivity contribution in [3.63, 3.8) is 0 Å². The van der Waals surface area contributed by atoms with Crippen molar-refractivity contribution in [3.05, 3.63) is 0 Å². The first-order valence-electron chi connectivity index (χ1n) is 4.95. The number of amides is 1. The first kappa shape index (κ1) is 12.4. The molecule has 0 spiro atoms. The SMILES string of the molecule is CC(=O)NCCS(=O)(=O)N1CCNCC1. The van der Waals surface area contributed by atoms with Gasteiger partial charge in [0.15, 0.2) is 0 Å². The Hall–Kier alpha value is -0.660. The second kappa shape index (κ2) is 5.43. The Bertz CT molecular complexity index is 309. The van der Waals surface area contributed by atoms with Gasteiger partial charge >= 0.3 is 0 Å². The first-order chi connectivity index (χ1) is 7.02. The molecule has 0 radical (unpaired) electrons. The number of hydrogen-bond donors (Lipinski definition) is 2. The molecule has 6 nitrogen and oxygen atoms in total. The Labute approximate surface area is 90.1 Å². The molecule has 1 heterocycles. The molecular weight excluding hydrogens is 218 g/mol. The van der Waals surface area contributed by atoms with E-state index in [0.717, 1.165) is 0 Å². The fourth-order valence-corrected chi connectivity index (χ4v) is 2.76. The summed E-state index contributed by atoms with van der Waals surface area (Å²) >= 11 is 0. The summed E-state index contributed by atoms with van der Waals surface area (Å²) in [6.07, 6.45) is 0. The fraction of sp³-hybridized carbons (Fsp3) is 0.875. The van der Waals surface area contributed by atoms with Crippen LogP contribution < -0.4 is 10.6 Å². The van der Waals surface area contributed by atoms with Crippen molar-refractivity contribution in [2.45, 2.75) is 6.92 Å². The normalized spacial score (nSPS) is 18.7. The van der Waals surface area contributed by atoms with E-state index in [1.165, 1.54) is 11.2 Å². The third kappa shape index (κ3) is 4.15. The molecule has 0 aromatic carbocycles. The first-order valence-corrected chi connectivity index (χ1v) is 6.56. The van der Waals surface area contributed by atoms with E-state index in [9.17, 15) is 13.2 Å². The third-order valence-electron chi connectivity index (χ3n) is 2.20. The Morgan fingerprint density at radius 3 is 2.53 bits per heavy atom. The molecule has 0 unspecified atom stereocenters. The van der Waals surface area contributed by atoms with Gasteiger partial charge in [-0.3, -0.25) is 4.79 Å². The lowest BCUT2D eigenvalue weighted by atomic mass is 10.4. The van der Waals surface area contributed by atoms with Gasteiger partial charge in [0.25, 0.3) is 0 Å². The van der Waals surface area contributed by atoms with Crippen LogP contribution in [-0.2, 0) is 14.8 Å². The molecule has 0 aromatic heterocycles. The number of sulfonamides is 1. The van der Waals surface area contributed by atoms with Crippen LogP contribution in [0.1, 0.15) is 6.92 Å². The molecule has 7 heteroatoms. The van der Waals surface area contributed by atoms with E-state index in [4.69, 9.17) is 0 Å². The Morgan fingerprint density at radius 1 is 1.40 bits per heavy atom. The molecular formula is C8H17N3O3S. The van der Waals surface area contributed by atoms with Crippen LogP contribution >= 0.6 is 0 Å². The minimum absolute atomic E-state index is 0.0212. The second-order valence-corrected chi connectivity index (χ2v) is 5.54. The van der Waals surface area contributed by atoms with E-state index < -0.39 is 10.0 Å². The zero-order chi connectivity index (χ0) is 11.3. The summed E-state index contributed by atoms with van der Waals surface area (Å²) in [5.41, 5.74) is 0. The Balaban J connectivity index is 2.40. The molecule has 0 aromatic rings. The highest BCUT2D eigenvalue weighted by atomic mass is 32.2. The molecule has 0 atom stereocenters. The van der Waals surface area contributed by atoms with Gasteiger partial charge in [0.05, 0.1) is 5.75 Å². The predicted octanol–water partition coefficient (Wildman–Crippen LogP) is -1.64. The molecule has 0 aliphatic carbocycles. The molecule has 15 heavy (non-hydrogen) atoms. The molecule has 1 amide bonds. The molecule has 0 saturated carbocycles. The quantitative estimate of drug-likeness (QED) is 0.612. The van der Waals surface area contributed by atoms with Gasteiger partial charge in [0, 0.05) is 39.6 Å². The van der Waals surface area contributed by atoms with Gasteiger partial charge in [-0.25, -0.2) is 8.42 Å². The van der Waals surface area contributed by atoms with Gasteiger partial charge in [-0.05, 0) is 0 Å². The van der Waals surface area contributed by atoms with Crippen LogP contribution in [0.4, 0.5) is 0 Å². The molecule has 1 saturated heterocycles. The van der Waals surface area contributed by atoms with Gasteiger partial charge in [0.2, 0.25) is 15.9 Å². The number of nitrogens with one attached hydrogen (secondary N) is 2. The number of carbonyl (C=O) groups is 1. The van der Waals surface area contributed by atoms with Crippen LogP contribution in [0.15, 0.2) is 0 Å². The van der Waals surface area contributed by atoms with E-state index >= 15 is 0 Å². The number of carbonyl (C=O) groups excluding carboxylic acids is 1. The lowest BCUT2D eigenvalue weighted by Crippen LogP contribution is -2.48. The highest BCUT2D eigenvalue weighted by Crippen LogP contribution is 2.02. The fourth-order valence-electron chi connectivity index (χ4n) is 1.41. The monoisotopic (exact) mass is 235 g/mol. The van der Waals surface area contributed by atoms with Crippen LogP contribution in [0.3, 0.4) is 0 Å². The van der Waals surface area contributed by atoms with E-state index in [0.29, 0.717) is 26.2 Å². The molecule has 88 valence electrons. The van der Waals surface area contributed by atoms with E-state index in [1.807, 2.05) is 0 Å². The Morgan fingerprint density at radius 2 is 2.00 bits per heavy atom. The average Bonchev–Trinajstić information content (AvgIpc) is 2.18. The van der Waals surface area contributed by atoms with E-state index in [2.05, 4.69) is 10.6 Å². The predicted molar refractivity (Wildman–Crippen MR) is 56.9 cm³/mol. The maximum Gasteiger partial charge on any atom is 0.216 e. The van der Waals surface area contributed by atoms with Crippen LogP contribution in [0.25, 0.3) is 0 Å². The average molecular weight is 235 g/mol. The summed E-state index contributed by atoms with van der Waals surface area (Å²) in [5, 5.41) is 5.57. The van der Waals surface area contributed by atoms with Crippen molar-refractivity contribution in [1.29, 1.82) is 0 Å². The summed E-state index contributed by atoms with van der Waals surface area (Å²) in [6.45, 7) is 3.97. The number of hydrogen-bond acceptors (Lipinski definition) is 4. The summed E-state index contributed by atoms with van der Waals surface area (Å²) in [7, 11) is -3.20. The molecule has 2 N–H and O–H groups in total. The van der Waals surface area contributed by atoms with Gasteiger partial charge in [-0.15, -0.1) is 0 Å². The number of nitrogens with zero attached hydrogens (tertiary/aromatic N) is 1. The van der Waals surface area contributed by atoms with Crippen molar-refractivity contribution in [3.8, 4) is 0 Å². The second-order valence-electron chi connectivity index (χ2n) is 3.45. The van der Waals surface area contributed by atoms with Crippen molar-refractivity contribution < 1.29 is 13.2 Å². The van der Waals surface area contributed by atoms with E-state index in [-0.39, 0.29) is 18.2 Å². The maximum absolute atomic E-state index is 11.7. The standard InChI is InChI=1S/C8H17N3O3S/c1-8(12)10-4-7-15(13,14)11-5-2-9-3-6-11/h9H,2-7H2,1H3,(H,10,12). The van der Waals surface area contributed by atoms with Crippen molar-refractivity contribution in [1.82, 2.24) is 14.9 Å². The third-order valence-corrected chi connectivity index (χ3v) is 4.08. The highest BCUT2D eigenvalue weighted by molar-refractivity contribution is 7.89. The van der Waals surface area contributed by atoms with E-state index in [1.54, 1.807) is 0 Å². The molecule has 1 rings (SSSR count). The van der Waals surface area contributed by atoms with Gasteiger partial charge in [0.1, 0.15) is 0 Å².